The molecule has 0 aliphatic carbocycles. The molecule has 0 aromatic rings. The molecule has 5 atom stereocenters. The van der Waals surface area contributed by atoms with Crippen molar-refractivity contribution in [1.82, 2.24) is 37.1 Å². The van der Waals surface area contributed by atoms with Crippen molar-refractivity contribution in [2.75, 3.05) is 72.5 Å². The first-order valence-electron chi connectivity index (χ1n) is 31.1. The van der Waals surface area contributed by atoms with Crippen LogP contribution in [0.2, 0.25) is 0 Å². The van der Waals surface area contributed by atoms with Crippen LogP contribution in [0.3, 0.4) is 0 Å². The number of aldehydes is 1. The van der Waals surface area contributed by atoms with Crippen LogP contribution in [0.25, 0.3) is 0 Å². The molecule has 0 aliphatic heterocycles. The minimum absolute atomic E-state index is 0.0713. The molecule has 29 heteroatoms. The molecule has 3 unspecified atom stereocenters. The smallest absolute Gasteiger partial charge is 0.326 e. The molecule has 506 valence electrons. The summed E-state index contributed by atoms with van der Waals surface area (Å²) < 4.78 is 21.2. The summed E-state index contributed by atoms with van der Waals surface area (Å²) >= 11 is 0. The number of carbonyl (C=O) groups is 12. The lowest BCUT2D eigenvalue weighted by atomic mass is 9.99. The van der Waals surface area contributed by atoms with E-state index in [9.17, 15) is 72.9 Å². The predicted octanol–water partition coefficient (Wildman–Crippen LogP) is 2.77. The number of unbranched alkanes of at least 4 members (excludes halogenated alkanes) is 14. The Bertz CT molecular complexity index is 1960. The van der Waals surface area contributed by atoms with Gasteiger partial charge in [0.05, 0.1) is 51.7 Å². The molecule has 0 saturated heterocycles. The van der Waals surface area contributed by atoms with E-state index in [4.69, 9.17) is 37.8 Å². The molecular weight excluding hydrogens is 1150 g/mol. The van der Waals surface area contributed by atoms with E-state index in [1.165, 1.54) is 26.2 Å². The Morgan fingerprint density at radius 1 is 0.432 bits per heavy atom. The van der Waals surface area contributed by atoms with Gasteiger partial charge in [-0.1, -0.05) is 105 Å². The molecule has 13 N–H and O–H groups in total. The molecule has 0 heterocycles. The van der Waals surface area contributed by atoms with Crippen LogP contribution in [0.1, 0.15) is 195 Å². The molecule has 0 fully saturated rings. The summed E-state index contributed by atoms with van der Waals surface area (Å²) in [5, 5.41) is 54.7. The van der Waals surface area contributed by atoms with Crippen molar-refractivity contribution < 1.29 is 96.9 Å². The van der Waals surface area contributed by atoms with Crippen molar-refractivity contribution in [2.45, 2.75) is 225 Å². The van der Waals surface area contributed by atoms with Crippen LogP contribution in [0.5, 0.6) is 0 Å². The van der Waals surface area contributed by atoms with Crippen LogP contribution >= 0.6 is 0 Å². The Hall–Kier alpha value is -6.14. The van der Waals surface area contributed by atoms with Gasteiger partial charge >= 0.3 is 23.9 Å². The van der Waals surface area contributed by atoms with Crippen LogP contribution < -0.4 is 42.9 Å². The van der Waals surface area contributed by atoms with Crippen LogP contribution in [0.15, 0.2) is 0 Å². The lowest BCUT2D eigenvalue weighted by Crippen LogP contribution is -2.45. The molecule has 0 aromatic carbocycles. The molecule has 28 nitrogen and oxygen atoms in total. The quantitative estimate of drug-likeness (QED) is 0.0237. The van der Waals surface area contributed by atoms with E-state index in [-0.39, 0.29) is 128 Å². The van der Waals surface area contributed by atoms with Crippen LogP contribution in [0.4, 0.5) is 0 Å². The van der Waals surface area contributed by atoms with E-state index in [0.717, 1.165) is 70.6 Å². The van der Waals surface area contributed by atoms with E-state index < -0.39 is 90.9 Å². The number of ether oxygens (including phenoxy) is 4. The molecule has 2 radical (unpaired) electrons. The first-order valence-corrected chi connectivity index (χ1v) is 31.1. The maximum absolute atomic E-state index is 12.6. The minimum atomic E-state index is -1.57. The average Bonchev–Trinajstić information content (AvgIpc) is 3.65. The molecule has 0 aromatic heterocycles. The minimum Gasteiger partial charge on any atom is -0.481 e. The summed E-state index contributed by atoms with van der Waals surface area (Å²) in [6, 6.07) is -5.12. The van der Waals surface area contributed by atoms with Gasteiger partial charge < -0.3 is 87.0 Å². The van der Waals surface area contributed by atoms with Crippen molar-refractivity contribution >= 4 is 79.4 Å². The van der Waals surface area contributed by atoms with E-state index >= 15 is 0 Å². The van der Waals surface area contributed by atoms with Gasteiger partial charge in [0.1, 0.15) is 43.4 Å². The first kappa shape index (κ1) is 86.1. The summed E-state index contributed by atoms with van der Waals surface area (Å²) in [4.78, 5) is 141. The topological polar surface area (TPSA) is 433 Å². The monoisotopic (exact) mass is 1260 g/mol. The third-order valence-corrected chi connectivity index (χ3v) is 13.0. The fraction of sp³-hybridized carbons (Fsp3) is 0.797. The van der Waals surface area contributed by atoms with Gasteiger partial charge in [0.25, 0.3) is 0 Å². The number of nitrogens with two attached hydrogens (primary N) is 1. The van der Waals surface area contributed by atoms with Crippen molar-refractivity contribution in [3.8, 4) is 0 Å². The van der Waals surface area contributed by atoms with Gasteiger partial charge in [0.2, 0.25) is 35.4 Å². The fourth-order valence-electron chi connectivity index (χ4n) is 8.15. The first-order chi connectivity index (χ1) is 42.0. The lowest BCUT2D eigenvalue weighted by Gasteiger charge is -2.18. The zero-order chi connectivity index (χ0) is 66.8. The summed E-state index contributed by atoms with van der Waals surface area (Å²) in [6.07, 6.45) is 14.9. The van der Waals surface area contributed by atoms with Gasteiger partial charge in [-0.25, -0.2) is 14.4 Å². The summed E-state index contributed by atoms with van der Waals surface area (Å²) in [7, 11) is 5.10. The summed E-state index contributed by atoms with van der Waals surface area (Å²) in [5.74, 6) is -8.01. The number of hydrogen-bond donors (Lipinski definition) is 12. The molecular formula is C59H107BN8O20. The Morgan fingerprint density at radius 3 is 1.11 bits per heavy atom. The van der Waals surface area contributed by atoms with E-state index in [1.807, 2.05) is 27.7 Å². The SMILES string of the molecule is CC.NC(C=O)CCCCNC(=O)COCCOCCNC(=O)COCCOCCNC(=O)CC[C@H](NC(=O)CC[C@H](NC(=O)CCC(NC(=O)CCCCCCCCCCCCCCCCC(=O)O)C(=O)O)C(=O)O)C(=O)O.[B]NC(C(C)=O)C(C)C. The predicted molar refractivity (Wildman–Crippen MR) is 328 cm³/mol. The second-order valence-electron chi connectivity index (χ2n) is 21.0. The highest BCUT2D eigenvalue weighted by atomic mass is 16.5. The highest BCUT2D eigenvalue weighted by Crippen LogP contribution is 2.14. The molecule has 0 spiro atoms. The molecule has 0 aliphatic rings. The lowest BCUT2D eigenvalue weighted by molar-refractivity contribution is -0.144. The van der Waals surface area contributed by atoms with E-state index in [1.54, 1.807) is 0 Å². The second-order valence-corrected chi connectivity index (χ2v) is 21.0. The Morgan fingerprint density at radius 2 is 0.773 bits per heavy atom. The standard InChI is InChI=1S/C51H89N7O19.C6H12BNO.C2H6/c52-38(35-59)17-15-16-26-53-46(64)36-76-33-32-75-30-28-55-47(65)37-77-34-31-74-29-27-54-42(60)23-20-39(49(68)69)57-44(62)25-22-41(51(72)73)58-45(63)24-21-40(50(70)71)56-43(61)18-13-11-9-7-5-3-1-2-4-6-8-10-12-14-19-48(66)67;1-4(2)6(8-7)5(3)9;1-2/h35,38-41H,1-34,36-37,52H2,(H,53,64)(H,54,60)(H,55,65)(H,56,61)(H,57,62)(H,58,63)(H,66,67)(H,68,69)(H,70,71)(H,72,73);4,6,8H,1-3H3;1-2H3/t38?,39-,40?,41-;;/m0../s1. The number of carboxylic acids is 4. The third-order valence-electron chi connectivity index (χ3n) is 13.0. The maximum Gasteiger partial charge on any atom is 0.326 e. The normalized spacial score (nSPS) is 12.4. The highest BCUT2D eigenvalue weighted by Gasteiger charge is 2.26. The number of nitrogens with one attached hydrogen (secondary N) is 7. The van der Waals surface area contributed by atoms with Crippen LogP contribution in [0, 0.1) is 5.92 Å². The van der Waals surface area contributed by atoms with Gasteiger partial charge in [0.15, 0.2) is 7.98 Å². The number of amides is 6. The van der Waals surface area contributed by atoms with Crippen LogP contribution in [-0.2, 0) is 76.5 Å². The third kappa shape index (κ3) is 56.4. The average molecular weight is 1260 g/mol. The van der Waals surface area contributed by atoms with Crippen molar-refractivity contribution in [1.29, 1.82) is 0 Å². The zero-order valence-electron chi connectivity index (χ0n) is 53.0. The molecule has 0 bridgehead atoms. The number of carboxylic acid groups (broad SMARTS) is 4. The Labute approximate surface area is 521 Å². The van der Waals surface area contributed by atoms with E-state index in [0.29, 0.717) is 32.1 Å². The number of ketones is 1. The number of aliphatic carboxylic acids is 4. The van der Waals surface area contributed by atoms with Crippen molar-refractivity contribution in [2.24, 2.45) is 11.7 Å². The number of hydrogen-bond acceptors (Lipinski definition) is 18. The highest BCUT2D eigenvalue weighted by molar-refractivity contribution is 6.06. The molecule has 88 heavy (non-hydrogen) atoms. The molecule has 0 rings (SSSR count). The van der Waals surface area contributed by atoms with Gasteiger partial charge in [0, 0.05) is 51.7 Å². The van der Waals surface area contributed by atoms with Gasteiger partial charge in [-0.2, -0.15) is 0 Å². The van der Waals surface area contributed by atoms with Gasteiger partial charge in [-0.05, 0) is 64.2 Å². The summed E-state index contributed by atoms with van der Waals surface area (Å²) in [5.41, 5.74) is 5.51. The fourth-order valence-corrected chi connectivity index (χ4v) is 8.15. The Kier molecular flexibility index (Phi) is 58.5. The van der Waals surface area contributed by atoms with Crippen molar-refractivity contribution in [3.63, 3.8) is 0 Å². The van der Waals surface area contributed by atoms with Crippen molar-refractivity contribution in [3.05, 3.63) is 0 Å². The number of Topliss-reactive ketones (excluding diaryl/α,β-unsaturated/α-hetero) is 1. The largest absolute Gasteiger partial charge is 0.481 e. The maximum atomic E-state index is 12.6. The number of rotatable bonds is 57. The number of carbonyl (C=O) groups excluding carboxylic acids is 8. The van der Waals surface area contributed by atoms with Gasteiger partial charge in [-0.3, -0.25) is 38.4 Å². The van der Waals surface area contributed by atoms with Crippen LogP contribution in [-0.4, -0.2) is 202 Å². The zero-order valence-corrected chi connectivity index (χ0v) is 53.0. The molecule has 0 saturated carbocycles. The van der Waals surface area contributed by atoms with Gasteiger partial charge in [-0.15, -0.1) is 0 Å². The Balaban J connectivity index is -0.00000597. The molecule has 6 amide bonds. The summed E-state index contributed by atoms with van der Waals surface area (Å²) in [6.45, 7) is 10.7. The second kappa shape index (κ2) is 59.8. The van der Waals surface area contributed by atoms with E-state index in [2.05, 4.69) is 37.1 Å².